The zero-order valence-electron chi connectivity index (χ0n) is 11.3. The van der Waals surface area contributed by atoms with Gasteiger partial charge in [-0.15, -0.1) is 0 Å². The third kappa shape index (κ3) is 3.02. The van der Waals surface area contributed by atoms with E-state index in [9.17, 15) is 0 Å². The van der Waals surface area contributed by atoms with Crippen molar-refractivity contribution in [3.8, 4) is 11.1 Å². The van der Waals surface area contributed by atoms with E-state index in [0.717, 1.165) is 18.4 Å². The van der Waals surface area contributed by atoms with Crippen LogP contribution in [0.25, 0.3) is 11.1 Å². The van der Waals surface area contributed by atoms with Crippen LogP contribution in [0.5, 0.6) is 0 Å². The highest BCUT2D eigenvalue weighted by Crippen LogP contribution is 2.39. The first-order valence-corrected chi connectivity index (χ1v) is 7.83. The Balaban J connectivity index is 2.03. The molecule has 2 unspecified atom stereocenters. The summed E-state index contributed by atoms with van der Waals surface area (Å²) in [4.78, 5) is 8.71. The van der Waals surface area contributed by atoms with Gasteiger partial charge in [-0.1, -0.05) is 53.0 Å². The molecule has 0 bridgehead atoms. The lowest BCUT2D eigenvalue weighted by atomic mass is 10.1. The molecule has 1 fully saturated rings. The molecule has 1 saturated heterocycles. The number of hydrogen-bond donors (Lipinski definition) is 0. The second-order valence-corrected chi connectivity index (χ2v) is 6.15. The summed E-state index contributed by atoms with van der Waals surface area (Å²) in [5.41, 5.74) is 1.28. The second kappa shape index (κ2) is 6.09. The molecule has 0 radical (unpaired) electrons. The smallest absolute Gasteiger partial charge is 0.160 e. The first kappa shape index (κ1) is 15.0. The number of aromatic nitrogens is 2. The number of benzene rings is 1. The van der Waals surface area contributed by atoms with Crippen molar-refractivity contribution in [1.29, 1.82) is 0 Å². The van der Waals surface area contributed by atoms with Crippen molar-refractivity contribution in [1.82, 2.24) is 9.97 Å². The Kier molecular flexibility index (Phi) is 4.36. The lowest BCUT2D eigenvalue weighted by Crippen LogP contribution is -2.07. The van der Waals surface area contributed by atoms with Gasteiger partial charge in [-0.05, 0) is 25.8 Å². The maximum atomic E-state index is 6.31. The van der Waals surface area contributed by atoms with E-state index in [1.54, 1.807) is 6.07 Å². The van der Waals surface area contributed by atoms with Gasteiger partial charge in [-0.25, -0.2) is 9.97 Å². The molecule has 2 heterocycles. The molecule has 0 amide bonds. The van der Waals surface area contributed by atoms with Gasteiger partial charge in [0.15, 0.2) is 5.82 Å². The first-order chi connectivity index (χ1) is 10.1. The Labute approximate surface area is 138 Å². The molecule has 6 heteroatoms. The standard InChI is InChI=1S/C15H13Cl3N2O/c1-8-6-7-11(21-8)15-19-13(17)12(14(18)20-15)9-4-2-3-5-10(9)16/h2-5,8,11H,6-7H2,1H3. The molecule has 21 heavy (non-hydrogen) atoms. The minimum Gasteiger partial charge on any atom is -0.367 e. The number of rotatable bonds is 2. The number of hydrogen-bond acceptors (Lipinski definition) is 3. The van der Waals surface area contributed by atoms with Crippen molar-refractivity contribution < 1.29 is 4.74 Å². The fourth-order valence-corrected chi connectivity index (χ4v) is 3.28. The van der Waals surface area contributed by atoms with Crippen LogP contribution in [-0.4, -0.2) is 16.1 Å². The summed E-state index contributed by atoms with van der Waals surface area (Å²) in [6.07, 6.45) is 1.92. The average molecular weight is 344 g/mol. The highest BCUT2D eigenvalue weighted by atomic mass is 35.5. The molecule has 0 N–H and O–H groups in total. The summed E-state index contributed by atoms with van der Waals surface area (Å²) < 4.78 is 5.76. The SMILES string of the molecule is CC1CCC(c2nc(Cl)c(-c3ccccc3Cl)c(Cl)n2)O1. The van der Waals surface area contributed by atoms with E-state index in [2.05, 4.69) is 9.97 Å². The van der Waals surface area contributed by atoms with Gasteiger partial charge in [0.05, 0.1) is 11.7 Å². The van der Waals surface area contributed by atoms with Gasteiger partial charge in [-0.2, -0.15) is 0 Å². The van der Waals surface area contributed by atoms with Crippen LogP contribution in [0.1, 0.15) is 31.7 Å². The van der Waals surface area contributed by atoms with Crippen LogP contribution in [-0.2, 0) is 4.74 Å². The average Bonchev–Trinajstić information content (AvgIpc) is 2.87. The van der Waals surface area contributed by atoms with E-state index < -0.39 is 0 Å². The van der Waals surface area contributed by atoms with Gasteiger partial charge < -0.3 is 4.74 Å². The Morgan fingerprint density at radius 1 is 1.05 bits per heavy atom. The molecule has 110 valence electrons. The van der Waals surface area contributed by atoms with Gasteiger partial charge >= 0.3 is 0 Å². The Morgan fingerprint density at radius 3 is 2.29 bits per heavy atom. The van der Waals surface area contributed by atoms with Crippen molar-refractivity contribution in [2.75, 3.05) is 0 Å². The van der Waals surface area contributed by atoms with Gasteiger partial charge in [0.2, 0.25) is 0 Å². The van der Waals surface area contributed by atoms with Crippen LogP contribution in [0.4, 0.5) is 0 Å². The minimum absolute atomic E-state index is 0.143. The summed E-state index contributed by atoms with van der Waals surface area (Å²) in [6, 6.07) is 7.33. The first-order valence-electron chi connectivity index (χ1n) is 6.69. The van der Waals surface area contributed by atoms with E-state index >= 15 is 0 Å². The fourth-order valence-electron chi connectivity index (χ4n) is 2.45. The van der Waals surface area contributed by atoms with E-state index in [0.29, 0.717) is 26.7 Å². The van der Waals surface area contributed by atoms with Gasteiger partial charge in [-0.3, -0.25) is 0 Å². The molecular weight excluding hydrogens is 331 g/mol. The van der Waals surface area contributed by atoms with Crippen molar-refractivity contribution in [2.45, 2.75) is 32.0 Å². The number of nitrogens with zero attached hydrogens (tertiary/aromatic N) is 2. The number of ether oxygens (including phenoxy) is 1. The van der Waals surface area contributed by atoms with Crippen LogP contribution in [0.3, 0.4) is 0 Å². The summed E-state index contributed by atoms with van der Waals surface area (Å²) in [6.45, 7) is 2.03. The van der Waals surface area contributed by atoms with Crippen LogP contribution < -0.4 is 0 Å². The summed E-state index contributed by atoms with van der Waals surface area (Å²) in [7, 11) is 0. The molecule has 3 rings (SSSR count). The van der Waals surface area contributed by atoms with Crippen LogP contribution >= 0.6 is 34.8 Å². The monoisotopic (exact) mass is 342 g/mol. The number of halogens is 3. The van der Waals surface area contributed by atoms with Gasteiger partial charge in [0.25, 0.3) is 0 Å². The van der Waals surface area contributed by atoms with Crippen molar-refractivity contribution in [2.24, 2.45) is 0 Å². The quantitative estimate of drug-likeness (QED) is 0.690. The maximum Gasteiger partial charge on any atom is 0.160 e. The molecular formula is C15H13Cl3N2O. The topological polar surface area (TPSA) is 35.0 Å². The molecule has 2 atom stereocenters. The summed E-state index contributed by atoms with van der Waals surface area (Å²) in [5, 5.41) is 1.14. The van der Waals surface area contributed by atoms with Gasteiger partial charge in [0.1, 0.15) is 16.4 Å². The molecule has 1 aliphatic heterocycles. The van der Waals surface area contributed by atoms with Crippen molar-refractivity contribution in [3.05, 3.63) is 45.4 Å². The predicted molar refractivity (Wildman–Crippen MR) is 85.0 cm³/mol. The lowest BCUT2D eigenvalue weighted by Gasteiger charge is -2.13. The van der Waals surface area contributed by atoms with E-state index in [1.807, 2.05) is 25.1 Å². The Morgan fingerprint density at radius 2 is 1.71 bits per heavy atom. The van der Waals surface area contributed by atoms with E-state index in [-0.39, 0.29) is 12.2 Å². The predicted octanol–water partition coefficient (Wildman–Crippen LogP) is 5.34. The highest BCUT2D eigenvalue weighted by Gasteiger charge is 2.27. The maximum absolute atomic E-state index is 6.31. The van der Waals surface area contributed by atoms with Crippen LogP contribution in [0.2, 0.25) is 15.3 Å². The highest BCUT2D eigenvalue weighted by molar-refractivity contribution is 6.40. The fraction of sp³-hybridized carbons (Fsp3) is 0.333. The largest absolute Gasteiger partial charge is 0.367 e. The molecule has 0 spiro atoms. The molecule has 1 aliphatic rings. The molecule has 3 nitrogen and oxygen atoms in total. The summed E-state index contributed by atoms with van der Waals surface area (Å²) >= 11 is 18.8. The molecule has 1 aromatic heterocycles. The third-order valence-electron chi connectivity index (χ3n) is 3.50. The minimum atomic E-state index is -0.143. The van der Waals surface area contributed by atoms with Crippen LogP contribution in [0, 0.1) is 0 Å². The van der Waals surface area contributed by atoms with Crippen molar-refractivity contribution >= 4 is 34.8 Å². The Hall–Kier alpha value is -0.870. The molecule has 0 aliphatic carbocycles. The second-order valence-electron chi connectivity index (χ2n) is 5.03. The third-order valence-corrected chi connectivity index (χ3v) is 4.38. The Bertz CT molecular complexity index is 655. The zero-order chi connectivity index (χ0) is 15.0. The van der Waals surface area contributed by atoms with Crippen LogP contribution in [0.15, 0.2) is 24.3 Å². The van der Waals surface area contributed by atoms with E-state index in [4.69, 9.17) is 39.5 Å². The molecule has 1 aromatic carbocycles. The normalized spacial score (nSPS) is 21.7. The molecule has 2 aromatic rings. The van der Waals surface area contributed by atoms with E-state index in [1.165, 1.54) is 0 Å². The van der Waals surface area contributed by atoms with Crippen molar-refractivity contribution in [3.63, 3.8) is 0 Å². The molecule has 0 saturated carbocycles. The zero-order valence-corrected chi connectivity index (χ0v) is 13.6. The lowest BCUT2D eigenvalue weighted by molar-refractivity contribution is 0.0503. The van der Waals surface area contributed by atoms with Gasteiger partial charge in [0, 0.05) is 10.6 Å². The summed E-state index contributed by atoms with van der Waals surface area (Å²) in [5.74, 6) is 0.533.